The highest BCUT2D eigenvalue weighted by Gasteiger charge is 2.27. The molecule has 4 nitrogen and oxygen atoms in total. The van der Waals surface area contributed by atoms with E-state index < -0.39 is 0 Å². The van der Waals surface area contributed by atoms with Gasteiger partial charge in [0.1, 0.15) is 0 Å². The van der Waals surface area contributed by atoms with E-state index in [1.807, 2.05) is 6.07 Å². The Kier molecular flexibility index (Phi) is 4.50. The summed E-state index contributed by atoms with van der Waals surface area (Å²) in [5.74, 6) is 0.257. The summed E-state index contributed by atoms with van der Waals surface area (Å²) >= 11 is 0. The van der Waals surface area contributed by atoms with Crippen LogP contribution in [0.2, 0.25) is 0 Å². The first-order chi connectivity index (χ1) is 10.6. The zero-order chi connectivity index (χ0) is 15.7. The lowest BCUT2D eigenvalue weighted by atomic mass is 9.99. The zero-order valence-electron chi connectivity index (χ0n) is 13.9. The number of fused-ring (bicyclic) bond motifs is 1. The van der Waals surface area contributed by atoms with Crippen molar-refractivity contribution in [3.8, 4) is 0 Å². The maximum absolute atomic E-state index is 12.8. The largest absolute Gasteiger partial charge is 0.382 e. The maximum Gasteiger partial charge on any atom is 0.179 e. The smallest absolute Gasteiger partial charge is 0.179 e. The molecule has 0 radical (unpaired) electrons. The normalized spacial score (nSPS) is 23.9. The monoisotopic (exact) mass is 301 g/mol. The second-order valence-corrected chi connectivity index (χ2v) is 6.63. The molecule has 0 bridgehead atoms. The number of rotatable bonds is 4. The van der Waals surface area contributed by atoms with Gasteiger partial charge in [0.15, 0.2) is 5.78 Å². The molecule has 2 atom stereocenters. The summed E-state index contributed by atoms with van der Waals surface area (Å²) in [4.78, 5) is 17.6. The van der Waals surface area contributed by atoms with Gasteiger partial charge in [-0.3, -0.25) is 9.69 Å². The molecule has 1 aromatic carbocycles. The molecule has 0 amide bonds. The van der Waals surface area contributed by atoms with Gasteiger partial charge in [0.25, 0.3) is 0 Å². The van der Waals surface area contributed by atoms with Gasteiger partial charge in [-0.15, -0.1) is 0 Å². The number of ketones is 1. The maximum atomic E-state index is 12.8. The van der Waals surface area contributed by atoms with Gasteiger partial charge < -0.3 is 10.2 Å². The Morgan fingerprint density at radius 2 is 2.05 bits per heavy atom. The standard InChI is InChI=1S/C18H27N3O/c1-4-20-7-9-21(10-8-20)14(3)18(22)15-5-6-17-16(12-15)11-13(2)19-17/h5-6,12-14,19H,4,7-11H2,1-3H3. The lowest BCUT2D eigenvalue weighted by molar-refractivity contribution is 0.0710. The van der Waals surface area contributed by atoms with Gasteiger partial charge in [-0.25, -0.2) is 0 Å². The molecule has 0 aliphatic carbocycles. The minimum atomic E-state index is -0.0242. The van der Waals surface area contributed by atoms with Crippen molar-refractivity contribution in [3.05, 3.63) is 29.3 Å². The number of hydrogen-bond acceptors (Lipinski definition) is 4. The molecule has 1 aromatic rings. The molecule has 0 spiro atoms. The van der Waals surface area contributed by atoms with Crippen LogP contribution in [0.25, 0.3) is 0 Å². The number of Topliss-reactive ketones (excluding diaryl/α,β-unsaturated/α-hetero) is 1. The van der Waals surface area contributed by atoms with Crippen LogP contribution in [0.1, 0.15) is 36.7 Å². The van der Waals surface area contributed by atoms with E-state index in [1.165, 1.54) is 11.3 Å². The molecule has 0 saturated carbocycles. The van der Waals surface area contributed by atoms with Crippen LogP contribution in [-0.4, -0.2) is 60.4 Å². The van der Waals surface area contributed by atoms with Crippen molar-refractivity contribution in [1.82, 2.24) is 9.80 Å². The first-order valence-corrected chi connectivity index (χ1v) is 8.48. The molecule has 2 aliphatic heterocycles. The van der Waals surface area contributed by atoms with Gasteiger partial charge in [-0.05, 0) is 50.6 Å². The average molecular weight is 301 g/mol. The molecular weight excluding hydrogens is 274 g/mol. The topological polar surface area (TPSA) is 35.6 Å². The Morgan fingerprint density at radius 1 is 1.32 bits per heavy atom. The fourth-order valence-corrected chi connectivity index (χ4v) is 3.58. The quantitative estimate of drug-likeness (QED) is 0.865. The van der Waals surface area contributed by atoms with Crippen LogP contribution in [0, 0.1) is 0 Å². The highest BCUT2D eigenvalue weighted by Crippen LogP contribution is 2.27. The zero-order valence-corrected chi connectivity index (χ0v) is 13.9. The van der Waals surface area contributed by atoms with Crippen LogP contribution in [0.5, 0.6) is 0 Å². The summed E-state index contributed by atoms with van der Waals surface area (Å²) in [5, 5.41) is 3.44. The van der Waals surface area contributed by atoms with Crippen molar-refractivity contribution in [1.29, 1.82) is 0 Å². The number of benzene rings is 1. The molecule has 22 heavy (non-hydrogen) atoms. The van der Waals surface area contributed by atoms with Crippen molar-refractivity contribution in [2.24, 2.45) is 0 Å². The fourth-order valence-electron chi connectivity index (χ4n) is 3.58. The van der Waals surface area contributed by atoms with E-state index in [9.17, 15) is 4.79 Å². The van der Waals surface area contributed by atoms with E-state index in [-0.39, 0.29) is 11.8 Å². The summed E-state index contributed by atoms with van der Waals surface area (Å²) in [7, 11) is 0. The highest BCUT2D eigenvalue weighted by atomic mass is 16.1. The second kappa shape index (κ2) is 6.39. The van der Waals surface area contributed by atoms with E-state index in [4.69, 9.17) is 0 Å². The van der Waals surface area contributed by atoms with E-state index in [1.54, 1.807) is 0 Å². The van der Waals surface area contributed by atoms with Gasteiger partial charge in [-0.2, -0.15) is 0 Å². The fraction of sp³-hybridized carbons (Fsp3) is 0.611. The van der Waals surface area contributed by atoms with Gasteiger partial charge in [0.2, 0.25) is 0 Å². The lowest BCUT2D eigenvalue weighted by Gasteiger charge is -2.37. The Hall–Kier alpha value is -1.39. The molecule has 2 heterocycles. The minimum Gasteiger partial charge on any atom is -0.382 e. The van der Waals surface area contributed by atoms with Crippen molar-refractivity contribution < 1.29 is 4.79 Å². The van der Waals surface area contributed by atoms with Crippen molar-refractivity contribution in [2.45, 2.75) is 39.3 Å². The predicted molar refractivity (Wildman–Crippen MR) is 90.7 cm³/mol. The highest BCUT2D eigenvalue weighted by molar-refractivity contribution is 6.00. The third kappa shape index (κ3) is 3.03. The first kappa shape index (κ1) is 15.5. The summed E-state index contributed by atoms with van der Waals surface area (Å²) in [6.07, 6.45) is 1.01. The van der Waals surface area contributed by atoms with Gasteiger partial charge in [-0.1, -0.05) is 6.92 Å². The van der Waals surface area contributed by atoms with Crippen LogP contribution in [0.4, 0.5) is 5.69 Å². The Balaban J connectivity index is 1.68. The molecule has 1 N–H and O–H groups in total. The van der Waals surface area contributed by atoms with Crippen LogP contribution >= 0.6 is 0 Å². The number of nitrogens with one attached hydrogen (secondary N) is 1. The molecule has 1 saturated heterocycles. The van der Waals surface area contributed by atoms with Crippen LogP contribution < -0.4 is 5.32 Å². The molecule has 1 fully saturated rings. The number of nitrogens with zero attached hydrogens (tertiary/aromatic N) is 2. The van der Waals surface area contributed by atoms with Gasteiger partial charge in [0, 0.05) is 43.5 Å². The molecule has 3 rings (SSSR count). The molecule has 0 aromatic heterocycles. The third-order valence-corrected chi connectivity index (χ3v) is 5.10. The Bertz CT molecular complexity index is 549. The molecule has 2 unspecified atom stereocenters. The summed E-state index contributed by atoms with van der Waals surface area (Å²) < 4.78 is 0. The van der Waals surface area contributed by atoms with Crippen molar-refractivity contribution in [2.75, 3.05) is 38.0 Å². The van der Waals surface area contributed by atoms with Crippen molar-refractivity contribution in [3.63, 3.8) is 0 Å². The first-order valence-electron chi connectivity index (χ1n) is 8.48. The van der Waals surface area contributed by atoms with E-state index in [0.717, 1.165) is 44.7 Å². The Morgan fingerprint density at radius 3 is 2.73 bits per heavy atom. The van der Waals surface area contributed by atoms with Crippen LogP contribution in [0.3, 0.4) is 0 Å². The summed E-state index contributed by atoms with van der Waals surface area (Å²) in [6, 6.07) is 6.58. The second-order valence-electron chi connectivity index (χ2n) is 6.63. The number of piperazine rings is 1. The third-order valence-electron chi connectivity index (χ3n) is 5.10. The van der Waals surface area contributed by atoms with E-state index in [2.05, 4.69) is 48.0 Å². The number of anilines is 1. The van der Waals surface area contributed by atoms with Gasteiger partial charge >= 0.3 is 0 Å². The number of hydrogen-bond donors (Lipinski definition) is 1. The number of carbonyl (C=O) groups excluding carboxylic acids is 1. The van der Waals surface area contributed by atoms with Crippen LogP contribution in [0.15, 0.2) is 18.2 Å². The molecular formula is C18H27N3O. The molecule has 2 aliphatic rings. The van der Waals surface area contributed by atoms with E-state index in [0.29, 0.717) is 6.04 Å². The van der Waals surface area contributed by atoms with Crippen molar-refractivity contribution >= 4 is 11.5 Å². The lowest BCUT2D eigenvalue weighted by Crippen LogP contribution is -2.51. The van der Waals surface area contributed by atoms with E-state index >= 15 is 0 Å². The van der Waals surface area contributed by atoms with Crippen LogP contribution in [-0.2, 0) is 6.42 Å². The molecule has 120 valence electrons. The summed E-state index contributed by atoms with van der Waals surface area (Å²) in [5.41, 5.74) is 3.33. The SMILES string of the molecule is CCN1CCN(C(C)C(=O)c2ccc3c(c2)CC(C)N3)CC1. The van der Waals surface area contributed by atoms with Gasteiger partial charge in [0.05, 0.1) is 6.04 Å². The summed E-state index contributed by atoms with van der Waals surface area (Å²) in [6.45, 7) is 11.7. The average Bonchev–Trinajstić information content (AvgIpc) is 2.92. The molecule has 4 heteroatoms. The number of likely N-dealkylation sites (N-methyl/N-ethyl adjacent to an activating group) is 1. The predicted octanol–water partition coefficient (Wildman–Crippen LogP) is 2.25. The minimum absolute atomic E-state index is 0.0242. The Labute approximate surface area is 133 Å². The number of carbonyl (C=O) groups is 1.